The molecule has 1 fully saturated rings. The third-order valence-electron chi connectivity index (χ3n) is 4.72. The molecule has 9 nitrogen and oxygen atoms in total. The second-order valence-electron chi connectivity index (χ2n) is 6.71. The average Bonchev–Trinajstić information content (AvgIpc) is 3.41. The normalized spacial score (nSPS) is 17.3. The zero-order valence-corrected chi connectivity index (χ0v) is 16.1. The number of hydrogen-bond donors (Lipinski definition) is 1. The molecule has 1 aromatic carbocycles. The van der Waals surface area contributed by atoms with Crippen LogP contribution in [0.2, 0.25) is 0 Å². The molecule has 2 aromatic heterocycles. The quantitative estimate of drug-likeness (QED) is 0.576. The Bertz CT molecular complexity index is 1170. The average molecular weight is 450 g/mol. The molecule has 3 aromatic rings. The van der Waals surface area contributed by atoms with Gasteiger partial charge in [0.25, 0.3) is 6.36 Å². The summed E-state index contributed by atoms with van der Waals surface area (Å²) in [5.41, 5.74) is 0.838. The van der Waals surface area contributed by atoms with E-state index < -0.39 is 36.8 Å². The van der Waals surface area contributed by atoms with Gasteiger partial charge in [0.2, 0.25) is 5.82 Å². The molecule has 0 aliphatic carbocycles. The number of aliphatic hydroxyl groups excluding tert-OH is 1. The van der Waals surface area contributed by atoms with Crippen molar-refractivity contribution in [3.05, 3.63) is 48.9 Å². The summed E-state index contributed by atoms with van der Waals surface area (Å²) in [6.45, 7) is 2.74. The molecule has 4 rings (SSSR count). The summed E-state index contributed by atoms with van der Waals surface area (Å²) in [6.07, 6.45) is -4.21. The van der Waals surface area contributed by atoms with Crippen LogP contribution in [0.15, 0.2) is 43.1 Å². The molecule has 0 unspecified atom stereocenters. The van der Waals surface area contributed by atoms with Gasteiger partial charge < -0.3 is 9.84 Å². The maximum absolute atomic E-state index is 14.7. The number of tetrazole rings is 1. The lowest BCUT2D eigenvalue weighted by molar-refractivity contribution is -0.209. The third-order valence-corrected chi connectivity index (χ3v) is 4.72. The van der Waals surface area contributed by atoms with Gasteiger partial charge in [-0.3, -0.25) is 9.88 Å². The first kappa shape index (κ1) is 21.4. The van der Waals surface area contributed by atoms with Gasteiger partial charge in [0.15, 0.2) is 6.10 Å². The maximum atomic E-state index is 14.7. The number of alkyl halides is 3. The van der Waals surface area contributed by atoms with Crippen molar-refractivity contribution in [3.8, 4) is 22.6 Å². The molecular formula is C19H14F4N6O3. The molecule has 1 N–H and O–H groups in total. The zero-order chi connectivity index (χ0) is 23.0. The molecule has 1 saturated heterocycles. The van der Waals surface area contributed by atoms with E-state index in [1.807, 2.05) is 0 Å². The first-order chi connectivity index (χ1) is 15.2. The van der Waals surface area contributed by atoms with Gasteiger partial charge in [0.05, 0.1) is 12.2 Å². The number of carbonyl (C=O) groups is 1. The second-order valence-corrected chi connectivity index (χ2v) is 6.71. The van der Waals surface area contributed by atoms with E-state index in [4.69, 9.17) is 5.11 Å². The number of amides is 1. The summed E-state index contributed by atoms with van der Waals surface area (Å²) in [6, 6.07) is 6.72. The molecule has 2 atom stereocenters. The lowest BCUT2D eigenvalue weighted by Gasteiger charge is -2.21. The van der Waals surface area contributed by atoms with Gasteiger partial charge in [-0.15, -0.1) is 15.0 Å². The van der Waals surface area contributed by atoms with E-state index in [2.05, 4.69) is 31.7 Å². The van der Waals surface area contributed by atoms with Gasteiger partial charge in [-0.1, -0.05) is 12.6 Å². The van der Waals surface area contributed by atoms with Gasteiger partial charge >= 0.3 is 12.0 Å². The molecule has 0 radical (unpaired) electrons. The van der Waals surface area contributed by atoms with Crippen LogP contribution in [0.3, 0.4) is 0 Å². The largest absolute Gasteiger partial charge is 0.437 e. The van der Waals surface area contributed by atoms with Crippen molar-refractivity contribution in [2.75, 3.05) is 11.4 Å². The Balaban J connectivity index is 1.55. The highest BCUT2D eigenvalue weighted by molar-refractivity contribution is 5.90. The fourth-order valence-electron chi connectivity index (χ4n) is 3.02. The zero-order valence-electron chi connectivity index (χ0n) is 16.1. The highest BCUT2D eigenvalue weighted by Crippen LogP contribution is 2.34. The first-order valence-electron chi connectivity index (χ1n) is 9.07. The van der Waals surface area contributed by atoms with Crippen molar-refractivity contribution in [2.24, 2.45) is 0 Å². The minimum Gasteiger partial charge on any atom is -0.437 e. The fraction of sp³-hybridized carbons (Fsp3) is 0.211. The SMILES string of the molecule is C=Cn1nnc(-c2ccc(-c3ccc(N4C[C@@H](C(F)(F)[C@@H](O)F)OC4=O)cc3F)cn2)n1. The number of anilines is 1. The molecule has 13 heteroatoms. The van der Waals surface area contributed by atoms with E-state index in [1.165, 1.54) is 24.5 Å². The molecule has 0 bridgehead atoms. The molecule has 3 heterocycles. The Labute approximate surface area is 177 Å². The van der Waals surface area contributed by atoms with E-state index in [9.17, 15) is 22.4 Å². The smallest absolute Gasteiger partial charge is 0.414 e. The Morgan fingerprint density at radius 1 is 1.31 bits per heavy atom. The topological polar surface area (TPSA) is 106 Å². The van der Waals surface area contributed by atoms with Crippen molar-refractivity contribution >= 4 is 18.0 Å². The molecule has 0 saturated carbocycles. The molecule has 1 aliphatic heterocycles. The van der Waals surface area contributed by atoms with Crippen molar-refractivity contribution < 1.29 is 32.2 Å². The van der Waals surface area contributed by atoms with Crippen LogP contribution in [0.1, 0.15) is 0 Å². The number of benzene rings is 1. The van der Waals surface area contributed by atoms with E-state index in [0.717, 1.165) is 15.8 Å². The van der Waals surface area contributed by atoms with Gasteiger partial charge in [0.1, 0.15) is 11.5 Å². The van der Waals surface area contributed by atoms with Crippen LogP contribution < -0.4 is 4.90 Å². The van der Waals surface area contributed by atoms with Gasteiger partial charge in [-0.25, -0.2) is 13.6 Å². The number of pyridine rings is 1. The van der Waals surface area contributed by atoms with Crippen LogP contribution in [0.5, 0.6) is 0 Å². The van der Waals surface area contributed by atoms with Crippen LogP contribution in [0, 0.1) is 5.82 Å². The monoisotopic (exact) mass is 450 g/mol. The summed E-state index contributed by atoms with van der Waals surface area (Å²) in [5.74, 6) is -4.83. The van der Waals surface area contributed by atoms with Crippen LogP contribution in [0.25, 0.3) is 28.8 Å². The fourth-order valence-corrected chi connectivity index (χ4v) is 3.02. The lowest BCUT2D eigenvalue weighted by Crippen LogP contribution is -2.44. The van der Waals surface area contributed by atoms with Crippen LogP contribution in [0.4, 0.5) is 28.0 Å². The summed E-state index contributed by atoms with van der Waals surface area (Å²) in [5, 5.41) is 20.1. The number of halogens is 4. The summed E-state index contributed by atoms with van der Waals surface area (Å²) in [4.78, 5) is 18.0. The minimum atomic E-state index is -4.30. The van der Waals surface area contributed by atoms with Crippen molar-refractivity contribution in [1.82, 2.24) is 25.2 Å². The van der Waals surface area contributed by atoms with E-state index in [-0.39, 0.29) is 17.1 Å². The highest BCUT2D eigenvalue weighted by atomic mass is 19.3. The number of aromatic nitrogens is 5. The summed E-state index contributed by atoms with van der Waals surface area (Å²) < 4.78 is 59.2. The molecule has 32 heavy (non-hydrogen) atoms. The molecule has 166 valence electrons. The van der Waals surface area contributed by atoms with Gasteiger partial charge in [0, 0.05) is 23.5 Å². The Kier molecular flexibility index (Phi) is 5.34. The number of rotatable bonds is 6. The third kappa shape index (κ3) is 3.77. The van der Waals surface area contributed by atoms with E-state index >= 15 is 0 Å². The van der Waals surface area contributed by atoms with E-state index in [1.54, 1.807) is 12.1 Å². The van der Waals surface area contributed by atoms with Crippen LogP contribution in [-0.2, 0) is 4.74 Å². The number of carbonyl (C=O) groups excluding carboxylic acids is 1. The molecule has 1 aliphatic rings. The van der Waals surface area contributed by atoms with Gasteiger partial charge in [-0.05, 0) is 29.5 Å². The Morgan fingerprint density at radius 3 is 2.69 bits per heavy atom. The van der Waals surface area contributed by atoms with Crippen molar-refractivity contribution in [1.29, 1.82) is 0 Å². The number of nitrogens with zero attached hydrogens (tertiary/aromatic N) is 6. The van der Waals surface area contributed by atoms with Crippen molar-refractivity contribution in [2.45, 2.75) is 18.4 Å². The number of ether oxygens (including phenoxy) is 1. The second kappa shape index (κ2) is 8.00. The predicted octanol–water partition coefficient (Wildman–Crippen LogP) is 2.89. The maximum Gasteiger partial charge on any atom is 0.414 e. The molecular weight excluding hydrogens is 436 g/mol. The molecule has 0 spiro atoms. The van der Waals surface area contributed by atoms with Crippen LogP contribution >= 0.6 is 0 Å². The summed E-state index contributed by atoms with van der Waals surface area (Å²) >= 11 is 0. The Morgan fingerprint density at radius 2 is 2.09 bits per heavy atom. The van der Waals surface area contributed by atoms with E-state index in [0.29, 0.717) is 11.3 Å². The number of cyclic esters (lactones) is 1. The Hall–Kier alpha value is -3.87. The molecule has 1 amide bonds. The predicted molar refractivity (Wildman–Crippen MR) is 103 cm³/mol. The highest BCUT2D eigenvalue weighted by Gasteiger charge is 2.54. The standard InChI is InChI=1S/C19H14F4N6O3/c1-2-29-26-16(25-27-29)14-6-3-10(8-24-14)12-5-4-11(7-13(12)20)28-9-15(32-18(28)31)19(22,23)17(21)30/h2-8,15,17,30H,1,9H2/t15-,17+/m0/s1. The number of aliphatic hydroxyl groups is 1. The lowest BCUT2D eigenvalue weighted by atomic mass is 10.1. The van der Waals surface area contributed by atoms with Crippen molar-refractivity contribution in [3.63, 3.8) is 0 Å². The minimum absolute atomic E-state index is 0.0716. The van der Waals surface area contributed by atoms with Gasteiger partial charge in [-0.2, -0.15) is 8.78 Å². The number of hydrogen-bond acceptors (Lipinski definition) is 7. The first-order valence-corrected chi connectivity index (χ1v) is 9.07. The summed E-state index contributed by atoms with van der Waals surface area (Å²) in [7, 11) is 0. The van der Waals surface area contributed by atoms with Crippen LogP contribution in [-0.4, -0.2) is 61.3 Å².